The predicted molar refractivity (Wildman–Crippen MR) is 115 cm³/mol. The van der Waals surface area contributed by atoms with E-state index in [9.17, 15) is 4.79 Å². The summed E-state index contributed by atoms with van der Waals surface area (Å²) in [6, 6.07) is 12.9. The lowest BCUT2D eigenvalue weighted by Crippen LogP contribution is -2.61. The van der Waals surface area contributed by atoms with Crippen molar-refractivity contribution in [2.24, 2.45) is 5.92 Å². The van der Waals surface area contributed by atoms with Gasteiger partial charge in [0.15, 0.2) is 0 Å². The first-order valence-corrected chi connectivity index (χ1v) is 10.6. The first-order valence-electron chi connectivity index (χ1n) is 10.6. The Balaban J connectivity index is 1.39. The van der Waals surface area contributed by atoms with Crippen LogP contribution in [0.3, 0.4) is 0 Å². The number of fused-ring (bicyclic) bond motifs is 2. The average molecular weight is 392 g/mol. The molecule has 1 aromatic carbocycles. The molecule has 3 unspecified atom stereocenters. The van der Waals surface area contributed by atoms with Gasteiger partial charge in [0.2, 0.25) is 0 Å². The highest BCUT2D eigenvalue weighted by molar-refractivity contribution is 5.90. The summed E-state index contributed by atoms with van der Waals surface area (Å²) in [4.78, 5) is 24.4. The molecule has 1 aromatic heterocycles. The molecule has 4 fully saturated rings. The number of piperidine rings is 3. The molecule has 29 heavy (non-hydrogen) atoms. The second kappa shape index (κ2) is 7.34. The van der Waals surface area contributed by atoms with E-state index in [4.69, 9.17) is 0 Å². The summed E-state index contributed by atoms with van der Waals surface area (Å²) in [6.07, 6.45) is 6.20. The van der Waals surface area contributed by atoms with Gasteiger partial charge in [0.05, 0.1) is 6.04 Å². The number of carbonyl (C=O) groups excluding carboxylic acids is 1. The molecule has 4 saturated heterocycles. The molecule has 4 aliphatic heterocycles. The zero-order valence-electron chi connectivity index (χ0n) is 17.2. The molecule has 1 N–H and O–H groups in total. The quantitative estimate of drug-likeness (QED) is 0.873. The number of aromatic nitrogens is 1. The second-order valence-corrected chi connectivity index (χ2v) is 8.77. The van der Waals surface area contributed by atoms with Gasteiger partial charge in [-0.25, -0.2) is 4.79 Å². The Labute approximate surface area is 172 Å². The fraction of sp³-hybridized carbons (Fsp3) is 0.478. The smallest absolute Gasteiger partial charge is 0.322 e. The summed E-state index contributed by atoms with van der Waals surface area (Å²) >= 11 is 0. The summed E-state index contributed by atoms with van der Waals surface area (Å²) in [5, 5.41) is 3.15. The van der Waals surface area contributed by atoms with E-state index in [1.54, 1.807) is 0 Å². The van der Waals surface area contributed by atoms with Gasteiger partial charge in [0.25, 0.3) is 0 Å². The topological polar surface area (TPSA) is 51.7 Å². The molecule has 6 heteroatoms. The van der Waals surface area contributed by atoms with Crippen LogP contribution in [-0.4, -0.2) is 66.6 Å². The fourth-order valence-electron chi connectivity index (χ4n) is 5.58. The van der Waals surface area contributed by atoms with Crippen molar-refractivity contribution in [1.29, 1.82) is 0 Å². The van der Waals surface area contributed by atoms with E-state index in [1.807, 2.05) is 56.8 Å². The fourth-order valence-corrected chi connectivity index (χ4v) is 5.58. The molecule has 0 aliphatic carbocycles. The van der Waals surface area contributed by atoms with Gasteiger partial charge >= 0.3 is 6.03 Å². The lowest BCUT2D eigenvalue weighted by molar-refractivity contribution is 0.00493. The number of anilines is 2. The van der Waals surface area contributed by atoms with Crippen molar-refractivity contribution < 1.29 is 4.79 Å². The minimum absolute atomic E-state index is 0.0257. The number of benzene rings is 1. The van der Waals surface area contributed by atoms with E-state index in [1.165, 1.54) is 18.4 Å². The Hall–Kier alpha value is -2.60. The normalized spacial score (nSPS) is 30.1. The Kier molecular flexibility index (Phi) is 4.66. The van der Waals surface area contributed by atoms with Crippen LogP contribution in [0.25, 0.3) is 0 Å². The number of nitrogens with one attached hydrogen (secondary N) is 1. The summed E-state index contributed by atoms with van der Waals surface area (Å²) in [7, 11) is 4.04. The number of nitrogens with zero attached hydrogens (tertiary/aromatic N) is 4. The molecule has 0 radical (unpaired) electrons. The van der Waals surface area contributed by atoms with Crippen LogP contribution in [0.2, 0.25) is 0 Å². The molecular formula is C23H29N5O. The van der Waals surface area contributed by atoms with E-state index in [0.29, 0.717) is 23.9 Å². The highest BCUT2D eigenvalue weighted by atomic mass is 16.2. The van der Waals surface area contributed by atoms with Gasteiger partial charge in [-0.3, -0.25) is 9.88 Å². The van der Waals surface area contributed by atoms with Gasteiger partial charge in [-0.2, -0.15) is 0 Å². The number of amides is 2. The maximum Gasteiger partial charge on any atom is 0.322 e. The molecule has 6 nitrogen and oxygen atoms in total. The summed E-state index contributed by atoms with van der Waals surface area (Å²) in [5.41, 5.74) is 3.22. The van der Waals surface area contributed by atoms with Crippen molar-refractivity contribution in [3.63, 3.8) is 0 Å². The summed E-state index contributed by atoms with van der Waals surface area (Å²) in [5.74, 6) is 0.937. The van der Waals surface area contributed by atoms with Crippen molar-refractivity contribution in [3.8, 4) is 0 Å². The number of urea groups is 1. The third-order valence-electron chi connectivity index (χ3n) is 7.00. The zero-order valence-corrected chi connectivity index (χ0v) is 17.2. The number of rotatable bonds is 3. The zero-order chi connectivity index (χ0) is 20.0. The minimum Gasteiger partial charge on any atom is -0.378 e. The monoisotopic (exact) mass is 391 g/mol. The Morgan fingerprint density at radius 1 is 1.10 bits per heavy atom. The Morgan fingerprint density at radius 3 is 2.52 bits per heavy atom. The van der Waals surface area contributed by atoms with Crippen LogP contribution in [0.4, 0.5) is 16.2 Å². The van der Waals surface area contributed by atoms with Crippen LogP contribution in [0.15, 0.2) is 48.8 Å². The van der Waals surface area contributed by atoms with Gasteiger partial charge in [0, 0.05) is 56.4 Å². The molecule has 3 atom stereocenters. The van der Waals surface area contributed by atoms with Gasteiger partial charge in [-0.05, 0) is 67.7 Å². The van der Waals surface area contributed by atoms with E-state index < -0.39 is 0 Å². The van der Waals surface area contributed by atoms with Gasteiger partial charge in [-0.1, -0.05) is 6.07 Å². The second-order valence-electron chi connectivity index (χ2n) is 8.77. The van der Waals surface area contributed by atoms with Crippen LogP contribution in [0, 0.1) is 5.92 Å². The first kappa shape index (κ1) is 18.4. The number of carbonyl (C=O) groups is 1. The standard InChI is InChI=1S/C23H29N5O/c1-26(2)19-7-5-18(6-8-19)25-23(29)28-15-20(17-4-3-11-24-14-17)22-21(28)16-9-12-27(22)13-10-16/h3-8,11,14,16,20-22H,9-10,12-13,15H2,1-2H3,(H,25,29). The molecule has 2 bridgehead atoms. The number of pyridine rings is 1. The maximum absolute atomic E-state index is 13.3. The lowest BCUT2D eigenvalue weighted by atomic mass is 9.75. The van der Waals surface area contributed by atoms with Gasteiger partial charge < -0.3 is 15.1 Å². The van der Waals surface area contributed by atoms with Crippen molar-refractivity contribution >= 4 is 17.4 Å². The molecule has 4 aliphatic rings. The molecule has 0 spiro atoms. The van der Waals surface area contributed by atoms with E-state index >= 15 is 0 Å². The summed E-state index contributed by atoms with van der Waals surface area (Å²) in [6.45, 7) is 3.07. The van der Waals surface area contributed by atoms with Gasteiger partial charge in [-0.15, -0.1) is 0 Å². The van der Waals surface area contributed by atoms with Crippen LogP contribution in [0.5, 0.6) is 0 Å². The highest BCUT2D eigenvalue weighted by Crippen LogP contribution is 2.46. The van der Waals surface area contributed by atoms with Crippen LogP contribution in [-0.2, 0) is 0 Å². The number of hydrogen-bond acceptors (Lipinski definition) is 4. The minimum atomic E-state index is 0.0257. The molecule has 2 aromatic rings. The van der Waals surface area contributed by atoms with Crippen molar-refractivity contribution in [2.45, 2.75) is 30.8 Å². The molecule has 2 amide bonds. The van der Waals surface area contributed by atoms with E-state index in [0.717, 1.165) is 31.0 Å². The number of likely N-dealkylation sites (tertiary alicyclic amines) is 1. The van der Waals surface area contributed by atoms with Gasteiger partial charge in [0.1, 0.15) is 0 Å². The maximum atomic E-state index is 13.3. The molecule has 0 saturated carbocycles. The molecular weight excluding hydrogens is 362 g/mol. The Bertz CT molecular complexity index is 861. The molecule has 152 valence electrons. The largest absolute Gasteiger partial charge is 0.378 e. The summed E-state index contributed by atoms with van der Waals surface area (Å²) < 4.78 is 0. The third kappa shape index (κ3) is 3.25. The van der Waals surface area contributed by atoms with E-state index in [2.05, 4.69) is 31.1 Å². The van der Waals surface area contributed by atoms with Crippen molar-refractivity contribution in [3.05, 3.63) is 54.4 Å². The average Bonchev–Trinajstić information content (AvgIpc) is 3.19. The lowest BCUT2D eigenvalue weighted by Gasteiger charge is -2.51. The van der Waals surface area contributed by atoms with E-state index in [-0.39, 0.29) is 6.03 Å². The van der Waals surface area contributed by atoms with Crippen molar-refractivity contribution in [1.82, 2.24) is 14.8 Å². The predicted octanol–water partition coefficient (Wildman–Crippen LogP) is 3.24. The third-order valence-corrected chi connectivity index (χ3v) is 7.00. The SMILES string of the molecule is CN(C)c1ccc(NC(=O)N2CC(c3cccnc3)C3C2C2CCN3CC2)cc1. The Morgan fingerprint density at radius 2 is 1.86 bits per heavy atom. The molecule has 6 rings (SSSR count). The number of hydrogen-bond donors (Lipinski definition) is 1. The highest BCUT2D eigenvalue weighted by Gasteiger charge is 2.54. The van der Waals surface area contributed by atoms with Crippen molar-refractivity contribution in [2.75, 3.05) is 43.9 Å². The first-order chi connectivity index (χ1) is 14.1. The van der Waals surface area contributed by atoms with Crippen LogP contribution < -0.4 is 10.2 Å². The molecule has 5 heterocycles. The van der Waals surface area contributed by atoms with Crippen LogP contribution in [0.1, 0.15) is 24.3 Å². The van der Waals surface area contributed by atoms with Crippen LogP contribution >= 0.6 is 0 Å².